The van der Waals surface area contributed by atoms with E-state index in [1.54, 1.807) is 25.1 Å². The van der Waals surface area contributed by atoms with Crippen LogP contribution >= 0.6 is 22.6 Å². The smallest absolute Gasteiger partial charge is 0.240 e. The molecule has 0 spiro atoms. The summed E-state index contributed by atoms with van der Waals surface area (Å²) in [7, 11) is 0. The summed E-state index contributed by atoms with van der Waals surface area (Å²) in [6, 6.07) is 9.06. The summed E-state index contributed by atoms with van der Waals surface area (Å²) in [5.74, 6) is -1.10. The highest BCUT2D eigenvalue weighted by Gasteiger charge is 2.10. The predicted molar refractivity (Wildman–Crippen MR) is 112 cm³/mol. The van der Waals surface area contributed by atoms with E-state index in [0.717, 1.165) is 0 Å². The van der Waals surface area contributed by atoms with Crippen molar-refractivity contribution in [1.82, 2.24) is 5.43 Å². The van der Waals surface area contributed by atoms with Crippen molar-refractivity contribution in [1.29, 1.82) is 0 Å². The molecule has 0 radical (unpaired) electrons. The third-order valence-electron chi connectivity index (χ3n) is 3.48. The Balaban J connectivity index is 1.83. The summed E-state index contributed by atoms with van der Waals surface area (Å²) in [5, 5.41) is 16.1. The Labute approximate surface area is 175 Å². The number of benzene rings is 2. The van der Waals surface area contributed by atoms with Crippen LogP contribution < -0.4 is 15.5 Å². The van der Waals surface area contributed by atoms with Crippen LogP contribution in [-0.4, -0.2) is 29.7 Å². The van der Waals surface area contributed by atoms with Gasteiger partial charge in [0.1, 0.15) is 5.82 Å². The molecule has 0 aromatic heterocycles. The van der Waals surface area contributed by atoms with Crippen molar-refractivity contribution in [2.75, 3.05) is 11.9 Å². The van der Waals surface area contributed by atoms with Crippen molar-refractivity contribution in [3.8, 4) is 11.5 Å². The molecule has 2 aromatic carbocycles. The number of nitrogens with zero attached hydrogens (tertiary/aromatic N) is 1. The van der Waals surface area contributed by atoms with Gasteiger partial charge in [0.05, 0.1) is 22.1 Å². The molecule has 0 heterocycles. The zero-order valence-corrected chi connectivity index (χ0v) is 17.2. The van der Waals surface area contributed by atoms with Gasteiger partial charge in [-0.25, -0.2) is 9.82 Å². The maximum absolute atomic E-state index is 13.5. The summed E-state index contributed by atoms with van der Waals surface area (Å²) < 4.78 is 19.4. The van der Waals surface area contributed by atoms with E-state index in [-0.39, 0.29) is 24.3 Å². The van der Waals surface area contributed by atoms with Crippen LogP contribution in [0.3, 0.4) is 0 Å². The maximum atomic E-state index is 13.5. The first-order valence-electron chi connectivity index (χ1n) is 8.42. The van der Waals surface area contributed by atoms with Crippen molar-refractivity contribution < 1.29 is 23.8 Å². The van der Waals surface area contributed by atoms with Gasteiger partial charge in [0, 0.05) is 12.8 Å². The molecule has 0 saturated carbocycles. The van der Waals surface area contributed by atoms with Gasteiger partial charge in [0.2, 0.25) is 11.8 Å². The largest absolute Gasteiger partial charge is 0.504 e. The Bertz CT molecular complexity index is 889. The van der Waals surface area contributed by atoms with E-state index in [9.17, 15) is 19.1 Å². The Hall–Kier alpha value is -2.69. The number of ether oxygens (including phenoxy) is 1. The average Bonchev–Trinajstić information content (AvgIpc) is 2.66. The number of amides is 2. The summed E-state index contributed by atoms with van der Waals surface area (Å²) >= 11 is 1.96. The second-order valence-corrected chi connectivity index (χ2v) is 6.77. The molecule has 28 heavy (non-hydrogen) atoms. The Morgan fingerprint density at radius 3 is 2.68 bits per heavy atom. The summed E-state index contributed by atoms with van der Waals surface area (Å²) in [6.07, 6.45) is 1.19. The highest BCUT2D eigenvalue weighted by Crippen LogP contribution is 2.32. The SMILES string of the molecule is CCOc1cc(C=NNC(=O)CCC(=O)Nc2ccccc2F)cc(I)c1O. The van der Waals surface area contributed by atoms with E-state index in [2.05, 4.69) is 15.8 Å². The minimum Gasteiger partial charge on any atom is -0.504 e. The van der Waals surface area contributed by atoms with Gasteiger partial charge in [-0.1, -0.05) is 12.1 Å². The number of anilines is 1. The third kappa shape index (κ3) is 6.48. The zero-order chi connectivity index (χ0) is 20.5. The molecule has 0 aliphatic heterocycles. The van der Waals surface area contributed by atoms with Crippen LogP contribution in [0, 0.1) is 9.39 Å². The molecule has 0 saturated heterocycles. The fraction of sp³-hybridized carbons (Fsp3) is 0.211. The lowest BCUT2D eigenvalue weighted by Crippen LogP contribution is -2.21. The molecular weight excluding hydrogens is 480 g/mol. The third-order valence-corrected chi connectivity index (χ3v) is 4.30. The molecule has 2 rings (SSSR count). The normalized spacial score (nSPS) is 10.7. The van der Waals surface area contributed by atoms with Crippen molar-refractivity contribution in [2.45, 2.75) is 19.8 Å². The van der Waals surface area contributed by atoms with Gasteiger partial charge in [-0.05, 0) is 59.3 Å². The minimum absolute atomic E-state index is 0.0458. The molecule has 9 heteroatoms. The molecule has 0 bridgehead atoms. The number of nitrogens with one attached hydrogen (secondary N) is 2. The number of phenols is 1. The second kappa shape index (κ2) is 10.6. The molecule has 0 atom stereocenters. The fourth-order valence-electron chi connectivity index (χ4n) is 2.17. The van der Waals surface area contributed by atoms with Gasteiger partial charge in [-0.15, -0.1) is 0 Å². The molecule has 2 aromatic rings. The van der Waals surface area contributed by atoms with Crippen LogP contribution in [0.1, 0.15) is 25.3 Å². The van der Waals surface area contributed by atoms with E-state index in [4.69, 9.17) is 4.74 Å². The minimum atomic E-state index is -0.542. The van der Waals surface area contributed by atoms with E-state index in [1.165, 1.54) is 24.4 Å². The standard InChI is InChI=1S/C19H19FIN3O4/c1-2-28-16-10-12(9-14(21)19(16)27)11-22-24-18(26)8-7-17(25)23-15-6-4-3-5-13(15)20/h3-6,9-11,27H,2,7-8H2,1H3,(H,23,25)(H,24,26). The van der Waals surface area contributed by atoms with Crippen molar-refractivity contribution in [3.63, 3.8) is 0 Å². The van der Waals surface area contributed by atoms with E-state index < -0.39 is 17.6 Å². The molecule has 0 fully saturated rings. The van der Waals surface area contributed by atoms with Crippen LogP contribution in [-0.2, 0) is 9.59 Å². The highest BCUT2D eigenvalue weighted by molar-refractivity contribution is 14.1. The first kappa shape index (κ1) is 21.6. The molecule has 7 nitrogen and oxygen atoms in total. The topological polar surface area (TPSA) is 100 Å². The Kier molecular flexibility index (Phi) is 8.18. The zero-order valence-electron chi connectivity index (χ0n) is 15.0. The first-order valence-corrected chi connectivity index (χ1v) is 9.50. The number of carbonyl (C=O) groups excluding carboxylic acids is 2. The molecule has 0 aliphatic rings. The number of halogens is 2. The molecular formula is C19H19FIN3O4. The number of rotatable bonds is 8. The number of hydrogen-bond acceptors (Lipinski definition) is 5. The number of hydrazone groups is 1. The number of carbonyl (C=O) groups is 2. The monoisotopic (exact) mass is 499 g/mol. The Morgan fingerprint density at radius 2 is 1.96 bits per heavy atom. The van der Waals surface area contributed by atoms with Crippen LogP contribution in [0.25, 0.3) is 0 Å². The van der Waals surface area contributed by atoms with Crippen LogP contribution in [0.5, 0.6) is 11.5 Å². The van der Waals surface area contributed by atoms with Crippen molar-refractivity contribution in [3.05, 3.63) is 51.3 Å². The lowest BCUT2D eigenvalue weighted by molar-refractivity contribution is -0.124. The van der Waals surface area contributed by atoms with E-state index in [0.29, 0.717) is 21.5 Å². The number of para-hydroxylation sites is 1. The maximum Gasteiger partial charge on any atom is 0.240 e. The average molecular weight is 499 g/mol. The molecule has 0 aliphatic carbocycles. The number of phenolic OH excluding ortho intramolecular Hbond substituents is 1. The van der Waals surface area contributed by atoms with Gasteiger partial charge in [0.15, 0.2) is 11.5 Å². The van der Waals surface area contributed by atoms with Crippen LogP contribution in [0.4, 0.5) is 10.1 Å². The van der Waals surface area contributed by atoms with Gasteiger partial charge in [-0.2, -0.15) is 5.10 Å². The van der Waals surface area contributed by atoms with Gasteiger partial charge < -0.3 is 15.2 Å². The summed E-state index contributed by atoms with van der Waals surface area (Å²) in [6.45, 7) is 2.20. The predicted octanol–water partition coefficient (Wildman–Crippen LogP) is 3.40. The number of hydrogen-bond donors (Lipinski definition) is 3. The Morgan fingerprint density at radius 1 is 1.25 bits per heavy atom. The van der Waals surface area contributed by atoms with Crippen LogP contribution in [0.2, 0.25) is 0 Å². The molecule has 2 amide bonds. The summed E-state index contributed by atoms with van der Waals surface area (Å²) in [5.41, 5.74) is 3.01. The second-order valence-electron chi connectivity index (χ2n) is 5.60. The lowest BCUT2D eigenvalue weighted by atomic mass is 10.2. The van der Waals surface area contributed by atoms with Crippen LogP contribution in [0.15, 0.2) is 41.5 Å². The quantitative estimate of drug-likeness (QED) is 0.295. The van der Waals surface area contributed by atoms with E-state index in [1.807, 2.05) is 22.6 Å². The van der Waals surface area contributed by atoms with Gasteiger partial charge in [-0.3, -0.25) is 9.59 Å². The fourth-order valence-corrected chi connectivity index (χ4v) is 2.80. The highest BCUT2D eigenvalue weighted by atomic mass is 127. The van der Waals surface area contributed by atoms with Gasteiger partial charge in [0.25, 0.3) is 0 Å². The van der Waals surface area contributed by atoms with Crippen molar-refractivity contribution in [2.24, 2.45) is 5.10 Å². The molecule has 3 N–H and O–H groups in total. The summed E-state index contributed by atoms with van der Waals surface area (Å²) in [4.78, 5) is 23.6. The van der Waals surface area contributed by atoms with Gasteiger partial charge >= 0.3 is 0 Å². The van der Waals surface area contributed by atoms with E-state index >= 15 is 0 Å². The number of aromatic hydroxyl groups is 1. The molecule has 148 valence electrons. The van der Waals surface area contributed by atoms with Crippen molar-refractivity contribution >= 4 is 46.3 Å². The lowest BCUT2D eigenvalue weighted by Gasteiger charge is -2.08. The first-order chi connectivity index (χ1) is 13.4. The molecule has 0 unspecified atom stereocenters.